The van der Waals surface area contributed by atoms with Gasteiger partial charge < -0.3 is 10.2 Å². The number of aromatic nitrogens is 1. The molecule has 5 nitrogen and oxygen atoms in total. The first-order valence-corrected chi connectivity index (χ1v) is 11.1. The molecule has 1 atom stereocenters. The van der Waals surface area contributed by atoms with E-state index in [2.05, 4.69) is 24.1 Å². The van der Waals surface area contributed by atoms with Crippen LogP contribution in [0.5, 0.6) is 0 Å². The Balaban J connectivity index is 1.74. The number of pyridine rings is 1. The molecule has 158 valence electrons. The maximum absolute atomic E-state index is 13.7. The van der Waals surface area contributed by atoms with Crippen molar-refractivity contribution >= 4 is 11.8 Å². The van der Waals surface area contributed by atoms with Gasteiger partial charge in [-0.1, -0.05) is 57.4 Å². The number of carbonyl (C=O) groups is 2. The van der Waals surface area contributed by atoms with Gasteiger partial charge in [-0.15, -0.1) is 0 Å². The van der Waals surface area contributed by atoms with E-state index in [-0.39, 0.29) is 17.7 Å². The molecule has 1 aromatic carbocycles. The predicted molar refractivity (Wildman–Crippen MR) is 117 cm³/mol. The minimum absolute atomic E-state index is 0.00876. The molecular weight excluding hydrogens is 374 g/mol. The zero-order chi connectivity index (χ0) is 21.1. The molecule has 1 N–H and O–H groups in total. The summed E-state index contributed by atoms with van der Waals surface area (Å²) >= 11 is 0. The Kier molecular flexibility index (Phi) is 5.89. The minimum atomic E-state index is -0.438. The lowest BCUT2D eigenvalue weighted by atomic mass is 9.65. The van der Waals surface area contributed by atoms with Gasteiger partial charge in [0.25, 0.3) is 5.91 Å². The molecule has 2 amide bonds. The predicted octanol–water partition coefficient (Wildman–Crippen LogP) is 4.30. The third kappa shape index (κ3) is 3.73. The zero-order valence-electron chi connectivity index (χ0n) is 17.9. The van der Waals surface area contributed by atoms with Gasteiger partial charge in [0.15, 0.2) is 0 Å². The van der Waals surface area contributed by atoms with E-state index in [0.29, 0.717) is 24.6 Å². The highest BCUT2D eigenvalue weighted by molar-refractivity contribution is 6.02. The normalized spacial score (nSPS) is 20.3. The first-order valence-electron chi connectivity index (χ1n) is 11.1. The summed E-state index contributed by atoms with van der Waals surface area (Å²) in [4.78, 5) is 33.4. The number of hydrogen-bond donors (Lipinski definition) is 1. The largest absolute Gasteiger partial charge is 0.351 e. The fourth-order valence-electron chi connectivity index (χ4n) is 5.27. The summed E-state index contributed by atoms with van der Waals surface area (Å²) in [6.07, 6.45) is 8.54. The van der Waals surface area contributed by atoms with Gasteiger partial charge in [-0.3, -0.25) is 14.6 Å². The fraction of sp³-hybridized carbons (Fsp3) is 0.480. The summed E-state index contributed by atoms with van der Waals surface area (Å²) in [6, 6.07) is 11.5. The summed E-state index contributed by atoms with van der Waals surface area (Å²) in [5.74, 6) is 0.0891. The highest BCUT2D eigenvalue weighted by Gasteiger charge is 2.54. The van der Waals surface area contributed by atoms with Crippen LogP contribution >= 0.6 is 0 Å². The fourth-order valence-corrected chi connectivity index (χ4v) is 5.27. The number of nitrogens with one attached hydrogen (secondary N) is 1. The number of rotatable bonds is 5. The molecule has 0 radical (unpaired) electrons. The summed E-state index contributed by atoms with van der Waals surface area (Å²) in [7, 11) is 0. The lowest BCUT2D eigenvalue weighted by Gasteiger charge is -2.54. The van der Waals surface area contributed by atoms with Gasteiger partial charge in [0, 0.05) is 31.0 Å². The molecular formula is C25H31N3O2. The molecule has 30 heavy (non-hydrogen) atoms. The second-order valence-corrected chi connectivity index (χ2v) is 9.07. The Labute approximate surface area is 178 Å². The molecule has 1 spiro atoms. The maximum atomic E-state index is 13.7. The summed E-state index contributed by atoms with van der Waals surface area (Å²) in [5.41, 5.74) is 2.10. The Morgan fingerprint density at radius 1 is 1.17 bits per heavy atom. The van der Waals surface area contributed by atoms with Gasteiger partial charge in [-0.05, 0) is 42.0 Å². The first-order chi connectivity index (χ1) is 14.5. The first kappa shape index (κ1) is 20.6. The lowest BCUT2D eigenvalue weighted by Crippen LogP contribution is -2.63. The van der Waals surface area contributed by atoms with Crippen LogP contribution in [0.1, 0.15) is 73.4 Å². The van der Waals surface area contributed by atoms with Gasteiger partial charge in [0.2, 0.25) is 5.91 Å². The van der Waals surface area contributed by atoms with Crippen molar-refractivity contribution in [1.29, 1.82) is 0 Å². The van der Waals surface area contributed by atoms with Gasteiger partial charge in [0.1, 0.15) is 0 Å². The van der Waals surface area contributed by atoms with Crippen molar-refractivity contribution in [2.45, 2.75) is 64.0 Å². The van der Waals surface area contributed by atoms with Crippen molar-refractivity contribution < 1.29 is 9.59 Å². The van der Waals surface area contributed by atoms with Crippen LogP contribution in [0.4, 0.5) is 0 Å². The lowest BCUT2D eigenvalue weighted by molar-refractivity contribution is -0.127. The molecule has 2 aromatic rings. The van der Waals surface area contributed by atoms with Crippen LogP contribution in [-0.4, -0.2) is 33.8 Å². The molecule has 1 aromatic heterocycles. The van der Waals surface area contributed by atoms with Crippen LogP contribution in [0, 0.1) is 5.92 Å². The summed E-state index contributed by atoms with van der Waals surface area (Å²) < 4.78 is 0. The Bertz CT molecular complexity index is 904. The van der Waals surface area contributed by atoms with Crippen molar-refractivity contribution in [3.05, 3.63) is 65.5 Å². The van der Waals surface area contributed by atoms with E-state index in [0.717, 1.165) is 43.2 Å². The smallest absolute Gasteiger partial charge is 0.254 e. The number of hydrogen-bond acceptors (Lipinski definition) is 3. The molecule has 0 bridgehead atoms. The highest BCUT2D eigenvalue weighted by Crippen LogP contribution is 2.49. The monoisotopic (exact) mass is 405 g/mol. The molecule has 1 aliphatic heterocycles. The van der Waals surface area contributed by atoms with Crippen LogP contribution < -0.4 is 5.32 Å². The molecule has 5 heteroatoms. The molecule has 2 aliphatic rings. The van der Waals surface area contributed by atoms with Crippen LogP contribution in [0.2, 0.25) is 0 Å². The quantitative estimate of drug-likeness (QED) is 0.807. The molecule has 2 heterocycles. The molecule has 0 unspecified atom stereocenters. The Morgan fingerprint density at radius 3 is 2.63 bits per heavy atom. The number of amides is 2. The molecule has 1 aliphatic carbocycles. The van der Waals surface area contributed by atoms with Gasteiger partial charge >= 0.3 is 0 Å². The highest BCUT2D eigenvalue weighted by atomic mass is 16.2. The van der Waals surface area contributed by atoms with Gasteiger partial charge in [-0.25, -0.2) is 0 Å². The van der Waals surface area contributed by atoms with E-state index in [9.17, 15) is 9.59 Å². The van der Waals surface area contributed by atoms with E-state index >= 15 is 0 Å². The van der Waals surface area contributed by atoms with Crippen molar-refractivity contribution in [3.8, 4) is 0 Å². The van der Waals surface area contributed by atoms with E-state index < -0.39 is 5.54 Å². The average molecular weight is 406 g/mol. The topological polar surface area (TPSA) is 62.3 Å². The number of fused-ring (bicyclic) bond motifs is 1. The third-order valence-electron chi connectivity index (χ3n) is 6.54. The van der Waals surface area contributed by atoms with E-state index in [1.165, 1.54) is 0 Å². The maximum Gasteiger partial charge on any atom is 0.254 e. The zero-order valence-corrected chi connectivity index (χ0v) is 17.9. The van der Waals surface area contributed by atoms with Crippen LogP contribution in [-0.2, 0) is 11.3 Å². The molecule has 1 fully saturated rings. The number of nitrogens with zero attached hydrogens (tertiary/aromatic N) is 2. The summed E-state index contributed by atoms with van der Waals surface area (Å²) in [5, 5.41) is 3.15. The van der Waals surface area contributed by atoms with E-state index in [4.69, 9.17) is 0 Å². The SMILES string of the molecule is CC(C)CN1C(=O)c2ccccc2[C@@H](C(=O)NCc2cccnc2)C12CCCCC2. The molecule has 1 saturated carbocycles. The number of carbonyl (C=O) groups excluding carboxylic acids is 2. The second kappa shape index (κ2) is 8.58. The van der Waals surface area contributed by atoms with E-state index in [1.54, 1.807) is 12.4 Å². The van der Waals surface area contributed by atoms with Crippen molar-refractivity contribution in [2.75, 3.05) is 6.54 Å². The number of benzene rings is 1. The Morgan fingerprint density at radius 2 is 1.93 bits per heavy atom. The molecule has 4 rings (SSSR count). The average Bonchev–Trinajstić information content (AvgIpc) is 2.77. The van der Waals surface area contributed by atoms with Crippen LogP contribution in [0.15, 0.2) is 48.8 Å². The van der Waals surface area contributed by atoms with Crippen molar-refractivity contribution in [1.82, 2.24) is 15.2 Å². The second-order valence-electron chi connectivity index (χ2n) is 9.07. The van der Waals surface area contributed by atoms with Gasteiger partial charge in [0.05, 0.1) is 11.5 Å². The van der Waals surface area contributed by atoms with Gasteiger partial charge in [-0.2, -0.15) is 0 Å². The molecule has 0 saturated heterocycles. The standard InChI is InChI=1S/C25H31N3O2/c1-18(2)17-28-24(30)21-11-5-4-10-20(21)22(25(28)12-6-3-7-13-25)23(29)27-16-19-9-8-14-26-15-19/h4-5,8-11,14-15,18,22H,3,6-7,12-13,16-17H2,1-2H3,(H,27,29)/t22-/m0/s1. The minimum Gasteiger partial charge on any atom is -0.351 e. The van der Waals surface area contributed by atoms with Crippen molar-refractivity contribution in [3.63, 3.8) is 0 Å². The summed E-state index contributed by atoms with van der Waals surface area (Å²) in [6.45, 7) is 5.41. The third-order valence-corrected chi connectivity index (χ3v) is 6.54. The Hall–Kier alpha value is -2.69. The van der Waals surface area contributed by atoms with Crippen molar-refractivity contribution in [2.24, 2.45) is 5.92 Å². The van der Waals surface area contributed by atoms with Crippen LogP contribution in [0.3, 0.4) is 0 Å². The van der Waals surface area contributed by atoms with Crippen LogP contribution in [0.25, 0.3) is 0 Å². The van der Waals surface area contributed by atoms with E-state index in [1.807, 2.05) is 41.3 Å².